The van der Waals surface area contributed by atoms with Crippen LogP contribution in [0.25, 0.3) is 0 Å². The second-order valence-corrected chi connectivity index (χ2v) is 9.14. The van der Waals surface area contributed by atoms with Gasteiger partial charge >= 0.3 is 0 Å². The predicted octanol–water partition coefficient (Wildman–Crippen LogP) is 5.26. The quantitative estimate of drug-likeness (QED) is 0.719. The van der Waals surface area contributed by atoms with Crippen LogP contribution in [0, 0.1) is 5.41 Å². The van der Waals surface area contributed by atoms with Crippen molar-refractivity contribution in [2.24, 2.45) is 5.41 Å². The Balaban J connectivity index is 1.87. The number of benzene rings is 1. The lowest BCUT2D eigenvalue weighted by atomic mass is 9.94. The number of thiophene rings is 1. The summed E-state index contributed by atoms with van der Waals surface area (Å²) in [4.78, 5) is 26.9. The van der Waals surface area contributed by atoms with Crippen molar-refractivity contribution in [3.8, 4) is 5.75 Å². The van der Waals surface area contributed by atoms with Crippen molar-refractivity contribution in [3.05, 3.63) is 40.3 Å². The number of carbonyl (C=O) groups excluding carboxylic acids is 2. The highest BCUT2D eigenvalue weighted by molar-refractivity contribution is 7.17. The van der Waals surface area contributed by atoms with Gasteiger partial charge in [0.2, 0.25) is 5.91 Å². The third-order valence-corrected chi connectivity index (χ3v) is 5.94. The van der Waals surface area contributed by atoms with E-state index in [-0.39, 0.29) is 11.8 Å². The van der Waals surface area contributed by atoms with E-state index in [2.05, 4.69) is 10.6 Å². The van der Waals surface area contributed by atoms with E-state index in [0.717, 1.165) is 37.0 Å². The lowest BCUT2D eigenvalue weighted by Gasteiger charge is -2.18. The molecular formula is C22H28N2O3S. The first-order valence-corrected chi connectivity index (χ1v) is 10.6. The van der Waals surface area contributed by atoms with Gasteiger partial charge < -0.3 is 15.4 Å². The molecule has 1 aromatic heterocycles. The summed E-state index contributed by atoms with van der Waals surface area (Å²) >= 11 is 1.54. The van der Waals surface area contributed by atoms with E-state index >= 15 is 0 Å². The van der Waals surface area contributed by atoms with E-state index in [1.165, 1.54) is 4.88 Å². The van der Waals surface area contributed by atoms with Gasteiger partial charge in [0.05, 0.1) is 12.2 Å². The standard InChI is InChI=1S/C22H28N2O3S/c1-5-27-15-12-10-14(11-13-15)23-19(25)18-16-8-6-7-9-17(16)28-20(18)24-21(26)22(2,3)4/h10-13H,5-9H2,1-4H3,(H,23,25)(H,24,26). The number of ether oxygens (including phenoxy) is 1. The zero-order valence-electron chi connectivity index (χ0n) is 17.0. The maximum atomic E-state index is 13.1. The molecule has 2 aromatic rings. The molecule has 0 atom stereocenters. The van der Waals surface area contributed by atoms with Crippen LogP contribution in [0.15, 0.2) is 24.3 Å². The first-order chi connectivity index (χ1) is 13.3. The van der Waals surface area contributed by atoms with Crippen LogP contribution in [-0.4, -0.2) is 18.4 Å². The van der Waals surface area contributed by atoms with E-state index in [4.69, 9.17) is 4.74 Å². The lowest BCUT2D eigenvalue weighted by Crippen LogP contribution is -2.28. The Morgan fingerprint density at radius 3 is 2.39 bits per heavy atom. The number of rotatable bonds is 5. The molecule has 0 fully saturated rings. The molecule has 1 aliphatic rings. The predicted molar refractivity (Wildman–Crippen MR) is 115 cm³/mol. The molecular weight excluding hydrogens is 372 g/mol. The molecule has 6 heteroatoms. The largest absolute Gasteiger partial charge is 0.494 e. The van der Waals surface area contributed by atoms with Gasteiger partial charge in [-0.05, 0) is 62.4 Å². The van der Waals surface area contributed by atoms with Crippen LogP contribution >= 0.6 is 11.3 Å². The molecule has 2 amide bonds. The second kappa shape index (κ2) is 8.35. The van der Waals surface area contributed by atoms with Gasteiger partial charge in [0.1, 0.15) is 10.8 Å². The monoisotopic (exact) mass is 400 g/mol. The van der Waals surface area contributed by atoms with Gasteiger partial charge in [0.15, 0.2) is 0 Å². The van der Waals surface area contributed by atoms with Crippen molar-refractivity contribution in [1.29, 1.82) is 0 Å². The molecule has 3 rings (SSSR count). The Labute approximate surface area is 170 Å². The second-order valence-electron chi connectivity index (χ2n) is 8.03. The molecule has 5 nitrogen and oxygen atoms in total. The van der Waals surface area contributed by atoms with Crippen LogP contribution in [0.5, 0.6) is 5.75 Å². The van der Waals surface area contributed by atoms with E-state index in [0.29, 0.717) is 22.9 Å². The topological polar surface area (TPSA) is 67.4 Å². The summed E-state index contributed by atoms with van der Waals surface area (Å²) in [6, 6.07) is 7.33. The van der Waals surface area contributed by atoms with Gasteiger partial charge in [-0.15, -0.1) is 11.3 Å². The van der Waals surface area contributed by atoms with Crippen molar-refractivity contribution in [2.45, 2.75) is 53.4 Å². The maximum absolute atomic E-state index is 13.1. The lowest BCUT2D eigenvalue weighted by molar-refractivity contribution is -0.123. The van der Waals surface area contributed by atoms with Crippen molar-refractivity contribution in [3.63, 3.8) is 0 Å². The zero-order valence-corrected chi connectivity index (χ0v) is 17.8. The fraction of sp³-hybridized carbons (Fsp3) is 0.455. The maximum Gasteiger partial charge on any atom is 0.258 e. The summed E-state index contributed by atoms with van der Waals surface area (Å²) < 4.78 is 5.45. The van der Waals surface area contributed by atoms with Crippen LogP contribution in [0.2, 0.25) is 0 Å². The minimum absolute atomic E-state index is 0.0822. The van der Waals surface area contributed by atoms with Gasteiger partial charge in [-0.1, -0.05) is 20.8 Å². The van der Waals surface area contributed by atoms with Crippen LogP contribution in [0.1, 0.15) is 61.3 Å². The van der Waals surface area contributed by atoms with Gasteiger partial charge in [0, 0.05) is 16.0 Å². The van der Waals surface area contributed by atoms with E-state index < -0.39 is 5.41 Å². The SMILES string of the molecule is CCOc1ccc(NC(=O)c2c(NC(=O)C(C)(C)C)sc3c2CCCC3)cc1. The highest BCUT2D eigenvalue weighted by atomic mass is 32.1. The fourth-order valence-electron chi connectivity index (χ4n) is 3.18. The summed E-state index contributed by atoms with van der Waals surface area (Å²) in [6.07, 6.45) is 4.04. The number of carbonyl (C=O) groups is 2. The summed E-state index contributed by atoms with van der Waals surface area (Å²) in [5, 5.41) is 6.64. The Hall–Kier alpha value is -2.34. The molecule has 0 saturated carbocycles. The Morgan fingerprint density at radius 2 is 1.75 bits per heavy atom. The number of hydrogen-bond acceptors (Lipinski definition) is 4. The molecule has 0 spiro atoms. The average Bonchev–Trinajstić information content (AvgIpc) is 3.00. The highest BCUT2D eigenvalue weighted by Gasteiger charge is 2.29. The molecule has 0 aliphatic heterocycles. The van der Waals surface area contributed by atoms with Gasteiger partial charge in [-0.3, -0.25) is 9.59 Å². The van der Waals surface area contributed by atoms with Gasteiger partial charge in [-0.2, -0.15) is 0 Å². The molecule has 0 bridgehead atoms. The summed E-state index contributed by atoms with van der Waals surface area (Å²) in [6.45, 7) is 8.15. The number of anilines is 2. The molecule has 2 N–H and O–H groups in total. The Morgan fingerprint density at radius 1 is 1.07 bits per heavy atom. The molecule has 0 unspecified atom stereocenters. The minimum Gasteiger partial charge on any atom is -0.494 e. The number of fused-ring (bicyclic) bond motifs is 1. The average molecular weight is 401 g/mol. The summed E-state index contributed by atoms with van der Waals surface area (Å²) in [5.41, 5.74) is 1.89. The normalized spacial score (nSPS) is 13.6. The summed E-state index contributed by atoms with van der Waals surface area (Å²) in [7, 11) is 0. The third kappa shape index (κ3) is 4.55. The Kier molecular flexibility index (Phi) is 6.08. The number of amides is 2. The van der Waals surface area contributed by atoms with Crippen LogP contribution < -0.4 is 15.4 Å². The molecule has 0 radical (unpaired) electrons. The molecule has 150 valence electrons. The van der Waals surface area contributed by atoms with E-state index in [1.807, 2.05) is 52.0 Å². The van der Waals surface area contributed by atoms with Gasteiger partial charge in [0.25, 0.3) is 5.91 Å². The number of nitrogens with one attached hydrogen (secondary N) is 2. The van der Waals surface area contributed by atoms with Crippen LogP contribution in [0.4, 0.5) is 10.7 Å². The van der Waals surface area contributed by atoms with Crippen LogP contribution in [0.3, 0.4) is 0 Å². The molecule has 1 heterocycles. The number of hydrogen-bond donors (Lipinski definition) is 2. The Bertz CT molecular complexity index is 863. The van der Waals surface area contributed by atoms with Crippen molar-refractivity contribution in [2.75, 3.05) is 17.2 Å². The minimum atomic E-state index is -0.520. The molecule has 1 aliphatic carbocycles. The first-order valence-electron chi connectivity index (χ1n) is 9.79. The molecule has 0 saturated heterocycles. The first kappa shape index (κ1) is 20.4. The smallest absolute Gasteiger partial charge is 0.258 e. The van der Waals surface area contributed by atoms with Crippen molar-refractivity contribution < 1.29 is 14.3 Å². The van der Waals surface area contributed by atoms with E-state index in [1.54, 1.807) is 11.3 Å². The fourth-order valence-corrected chi connectivity index (χ4v) is 4.46. The molecule has 1 aromatic carbocycles. The van der Waals surface area contributed by atoms with Gasteiger partial charge in [-0.25, -0.2) is 0 Å². The van der Waals surface area contributed by atoms with Crippen LogP contribution in [-0.2, 0) is 17.6 Å². The highest BCUT2D eigenvalue weighted by Crippen LogP contribution is 2.39. The van der Waals surface area contributed by atoms with E-state index in [9.17, 15) is 9.59 Å². The number of aryl methyl sites for hydroxylation is 1. The summed E-state index contributed by atoms with van der Waals surface area (Å²) in [5.74, 6) is 0.514. The van der Waals surface area contributed by atoms with Crippen molar-refractivity contribution >= 4 is 33.8 Å². The zero-order chi connectivity index (χ0) is 20.3. The van der Waals surface area contributed by atoms with Crippen molar-refractivity contribution in [1.82, 2.24) is 0 Å². The third-order valence-electron chi connectivity index (χ3n) is 4.73. The molecule has 28 heavy (non-hydrogen) atoms.